The fourth-order valence-corrected chi connectivity index (χ4v) is 2.86. The van der Waals surface area contributed by atoms with E-state index >= 15 is 0 Å². The third-order valence-electron chi connectivity index (χ3n) is 4.05. The summed E-state index contributed by atoms with van der Waals surface area (Å²) >= 11 is 0. The fraction of sp³-hybridized carbons (Fsp3) is 0.600. The Balaban J connectivity index is 1.68. The van der Waals surface area contributed by atoms with Crippen LogP contribution in [0, 0.1) is 11.3 Å². The van der Waals surface area contributed by atoms with Crippen LogP contribution in [0.15, 0.2) is 18.3 Å². The Kier molecular flexibility index (Phi) is 3.77. The van der Waals surface area contributed by atoms with E-state index in [0.29, 0.717) is 17.8 Å². The van der Waals surface area contributed by atoms with Crippen molar-refractivity contribution in [3.63, 3.8) is 0 Å². The lowest BCUT2D eigenvalue weighted by Gasteiger charge is -2.25. The Labute approximate surface area is 114 Å². The van der Waals surface area contributed by atoms with Crippen LogP contribution in [-0.4, -0.2) is 35.1 Å². The molecule has 0 spiro atoms. The molecular weight excluding hydrogens is 236 g/mol. The number of rotatable bonds is 5. The van der Waals surface area contributed by atoms with Crippen LogP contribution in [0.5, 0.6) is 0 Å². The monoisotopic (exact) mass is 256 g/mol. The number of nitriles is 1. The summed E-state index contributed by atoms with van der Waals surface area (Å²) in [5.41, 5.74) is 1.64. The second-order valence-corrected chi connectivity index (χ2v) is 5.58. The molecule has 4 heteroatoms. The van der Waals surface area contributed by atoms with Gasteiger partial charge in [-0.2, -0.15) is 5.26 Å². The van der Waals surface area contributed by atoms with Gasteiger partial charge in [0.25, 0.3) is 0 Å². The van der Waals surface area contributed by atoms with E-state index in [0.717, 1.165) is 25.2 Å². The van der Waals surface area contributed by atoms with Crippen molar-refractivity contribution in [3.05, 3.63) is 29.6 Å². The van der Waals surface area contributed by atoms with E-state index < -0.39 is 0 Å². The van der Waals surface area contributed by atoms with Gasteiger partial charge in [-0.15, -0.1) is 0 Å². The number of aromatic nitrogens is 1. The first-order chi connectivity index (χ1) is 9.36. The van der Waals surface area contributed by atoms with Crippen molar-refractivity contribution in [1.29, 1.82) is 5.26 Å². The van der Waals surface area contributed by atoms with Crippen LogP contribution in [0.2, 0.25) is 0 Å². The van der Waals surface area contributed by atoms with Crippen molar-refractivity contribution in [2.75, 3.05) is 13.1 Å². The number of nitrogens with zero attached hydrogens (tertiary/aromatic N) is 3. The molecule has 0 radical (unpaired) electrons. The minimum Gasteiger partial charge on any atom is -0.313 e. The molecule has 100 valence electrons. The molecule has 1 saturated heterocycles. The minimum atomic E-state index is 0.576. The Bertz CT molecular complexity index is 469. The topological polar surface area (TPSA) is 52.0 Å². The zero-order valence-electron chi connectivity index (χ0n) is 11.2. The smallest absolute Gasteiger partial charge is 0.144 e. The molecule has 0 bridgehead atoms. The van der Waals surface area contributed by atoms with E-state index in [1.807, 2.05) is 12.1 Å². The maximum atomic E-state index is 9.13. The third kappa shape index (κ3) is 3.12. The van der Waals surface area contributed by atoms with Crippen molar-refractivity contribution in [1.82, 2.24) is 15.2 Å². The van der Waals surface area contributed by atoms with Gasteiger partial charge in [-0.05, 0) is 38.3 Å². The second kappa shape index (κ2) is 5.68. The highest BCUT2D eigenvalue weighted by Crippen LogP contribution is 2.29. The van der Waals surface area contributed by atoms with Crippen molar-refractivity contribution in [2.45, 2.75) is 44.3 Å². The summed E-state index contributed by atoms with van der Waals surface area (Å²) in [5.74, 6) is 0. The van der Waals surface area contributed by atoms with Gasteiger partial charge in [0.2, 0.25) is 0 Å². The van der Waals surface area contributed by atoms with Crippen LogP contribution in [0.3, 0.4) is 0 Å². The van der Waals surface area contributed by atoms with Gasteiger partial charge in [0.05, 0.1) is 0 Å². The number of hydrogen-bond donors (Lipinski definition) is 1. The van der Waals surface area contributed by atoms with Crippen LogP contribution in [0.25, 0.3) is 0 Å². The quantitative estimate of drug-likeness (QED) is 0.870. The first-order valence-electron chi connectivity index (χ1n) is 7.18. The number of nitrogens with one attached hydrogen (secondary N) is 1. The SMILES string of the molecule is N#Cc1ncccc1CN(CC1CCCN1)C1CC1. The molecule has 1 saturated carbocycles. The van der Waals surface area contributed by atoms with E-state index in [1.165, 1.54) is 25.7 Å². The Hall–Kier alpha value is -1.44. The first-order valence-corrected chi connectivity index (χ1v) is 7.18. The van der Waals surface area contributed by atoms with E-state index in [2.05, 4.69) is 21.3 Å². The van der Waals surface area contributed by atoms with Crippen molar-refractivity contribution < 1.29 is 0 Å². The van der Waals surface area contributed by atoms with Gasteiger partial charge in [-0.3, -0.25) is 4.90 Å². The molecule has 4 nitrogen and oxygen atoms in total. The summed E-state index contributed by atoms with van der Waals surface area (Å²) in [6.07, 6.45) is 6.87. The standard InChI is InChI=1S/C15H20N4/c16-9-15-12(3-1-8-18-15)10-19(14-5-6-14)11-13-4-2-7-17-13/h1,3,8,13-14,17H,2,4-7,10-11H2. The first kappa shape index (κ1) is 12.6. The van der Waals surface area contributed by atoms with Crippen LogP contribution in [0.1, 0.15) is 36.9 Å². The van der Waals surface area contributed by atoms with Gasteiger partial charge in [0.1, 0.15) is 11.8 Å². The zero-order valence-corrected chi connectivity index (χ0v) is 11.2. The molecule has 2 aliphatic rings. The fourth-order valence-electron chi connectivity index (χ4n) is 2.86. The summed E-state index contributed by atoms with van der Waals surface area (Å²) in [5, 5.41) is 12.7. The Morgan fingerprint density at radius 3 is 3.00 bits per heavy atom. The number of hydrogen-bond acceptors (Lipinski definition) is 4. The van der Waals surface area contributed by atoms with Gasteiger partial charge in [-0.25, -0.2) is 4.98 Å². The Morgan fingerprint density at radius 2 is 2.32 bits per heavy atom. The molecular formula is C15H20N4. The molecule has 1 unspecified atom stereocenters. The summed E-state index contributed by atoms with van der Waals surface area (Å²) in [4.78, 5) is 6.69. The maximum Gasteiger partial charge on any atom is 0.144 e. The predicted molar refractivity (Wildman–Crippen MR) is 73.4 cm³/mol. The van der Waals surface area contributed by atoms with E-state index in [1.54, 1.807) is 6.20 Å². The lowest BCUT2D eigenvalue weighted by Crippen LogP contribution is -2.38. The molecule has 0 amide bonds. The highest BCUT2D eigenvalue weighted by atomic mass is 15.2. The summed E-state index contributed by atoms with van der Waals surface area (Å²) in [6, 6.07) is 7.50. The van der Waals surface area contributed by atoms with E-state index in [-0.39, 0.29) is 0 Å². The summed E-state index contributed by atoms with van der Waals surface area (Å²) < 4.78 is 0. The molecule has 1 aromatic heterocycles. The van der Waals surface area contributed by atoms with E-state index in [9.17, 15) is 0 Å². The molecule has 3 rings (SSSR count). The lowest BCUT2D eigenvalue weighted by molar-refractivity contribution is 0.231. The molecule has 1 N–H and O–H groups in total. The van der Waals surface area contributed by atoms with Crippen molar-refractivity contribution in [3.8, 4) is 6.07 Å². The largest absolute Gasteiger partial charge is 0.313 e. The second-order valence-electron chi connectivity index (χ2n) is 5.58. The molecule has 0 aromatic carbocycles. The average molecular weight is 256 g/mol. The average Bonchev–Trinajstić information content (AvgIpc) is 3.17. The van der Waals surface area contributed by atoms with E-state index in [4.69, 9.17) is 5.26 Å². The zero-order chi connectivity index (χ0) is 13.1. The molecule has 1 aliphatic heterocycles. The minimum absolute atomic E-state index is 0.576. The highest BCUT2D eigenvalue weighted by molar-refractivity contribution is 5.30. The summed E-state index contributed by atoms with van der Waals surface area (Å²) in [6.45, 7) is 3.11. The van der Waals surface area contributed by atoms with Crippen LogP contribution >= 0.6 is 0 Å². The van der Waals surface area contributed by atoms with Gasteiger partial charge in [0, 0.05) is 36.9 Å². The van der Waals surface area contributed by atoms with Gasteiger partial charge in [0.15, 0.2) is 0 Å². The molecule has 2 heterocycles. The molecule has 1 atom stereocenters. The van der Waals surface area contributed by atoms with Crippen molar-refractivity contribution in [2.24, 2.45) is 0 Å². The van der Waals surface area contributed by atoms with Crippen LogP contribution in [0.4, 0.5) is 0 Å². The van der Waals surface area contributed by atoms with Gasteiger partial charge < -0.3 is 5.32 Å². The van der Waals surface area contributed by atoms with Crippen LogP contribution < -0.4 is 5.32 Å². The van der Waals surface area contributed by atoms with Crippen molar-refractivity contribution >= 4 is 0 Å². The normalized spacial score (nSPS) is 22.6. The maximum absolute atomic E-state index is 9.13. The molecule has 2 fully saturated rings. The molecule has 1 aliphatic carbocycles. The molecule has 19 heavy (non-hydrogen) atoms. The lowest BCUT2D eigenvalue weighted by atomic mass is 10.1. The predicted octanol–water partition coefficient (Wildman–Crippen LogP) is 1.67. The van der Waals surface area contributed by atoms with Gasteiger partial charge in [-0.1, -0.05) is 6.07 Å². The number of pyridine rings is 1. The third-order valence-corrected chi connectivity index (χ3v) is 4.05. The van der Waals surface area contributed by atoms with Crippen LogP contribution in [-0.2, 0) is 6.54 Å². The highest BCUT2D eigenvalue weighted by Gasteiger charge is 2.31. The molecule has 1 aromatic rings. The Morgan fingerprint density at radius 1 is 1.42 bits per heavy atom. The van der Waals surface area contributed by atoms with Gasteiger partial charge >= 0.3 is 0 Å². The summed E-state index contributed by atoms with van der Waals surface area (Å²) in [7, 11) is 0.